The van der Waals surface area contributed by atoms with Crippen LogP contribution in [-0.4, -0.2) is 56.9 Å². The third-order valence-corrected chi connectivity index (χ3v) is 8.50. The van der Waals surface area contributed by atoms with Crippen LogP contribution in [0.1, 0.15) is 67.7 Å². The van der Waals surface area contributed by atoms with Crippen molar-refractivity contribution in [1.29, 1.82) is 0 Å². The first kappa shape index (κ1) is 21.4. The summed E-state index contributed by atoms with van der Waals surface area (Å²) in [4.78, 5) is 14.1. The predicted molar refractivity (Wildman–Crippen MR) is 107 cm³/mol. The van der Waals surface area contributed by atoms with Gasteiger partial charge in [0.15, 0.2) is 17.2 Å². The quantitative estimate of drug-likeness (QED) is 0.649. The molecule has 2 saturated carbocycles. The van der Waals surface area contributed by atoms with Crippen molar-refractivity contribution in [3.8, 4) is 0 Å². The van der Waals surface area contributed by atoms with Crippen molar-refractivity contribution in [2.45, 2.75) is 109 Å². The van der Waals surface area contributed by atoms with Crippen molar-refractivity contribution in [3.05, 3.63) is 12.7 Å². The second-order valence-electron chi connectivity index (χ2n) is 11.3. The number of aliphatic hydroxyl groups is 2. The molecule has 4 aliphatic rings. The highest BCUT2D eigenvalue weighted by Gasteiger charge is 2.84. The molecule has 0 amide bonds. The van der Waals surface area contributed by atoms with Crippen LogP contribution < -0.4 is 0 Å². The summed E-state index contributed by atoms with van der Waals surface area (Å²) in [6, 6.07) is 0. The van der Waals surface area contributed by atoms with E-state index in [0.29, 0.717) is 0 Å². The minimum atomic E-state index is -1.46. The normalized spacial score (nSPS) is 55.6. The summed E-state index contributed by atoms with van der Waals surface area (Å²) >= 11 is 0. The Hall–Kier alpha value is -0.790. The van der Waals surface area contributed by atoms with E-state index in [0.717, 1.165) is 12.8 Å². The van der Waals surface area contributed by atoms with Crippen molar-refractivity contribution in [2.24, 2.45) is 16.7 Å². The van der Waals surface area contributed by atoms with Crippen molar-refractivity contribution >= 4 is 5.78 Å². The first-order valence-corrected chi connectivity index (χ1v) is 10.7. The predicted octanol–water partition coefficient (Wildman–Crippen LogP) is 2.75. The van der Waals surface area contributed by atoms with Crippen LogP contribution in [0.3, 0.4) is 0 Å². The summed E-state index contributed by atoms with van der Waals surface area (Å²) in [6.45, 7) is 17.1. The molecule has 2 heterocycles. The molecule has 6 heteroatoms. The molecule has 2 saturated heterocycles. The summed E-state index contributed by atoms with van der Waals surface area (Å²) < 4.78 is 19.4. The first-order valence-electron chi connectivity index (χ1n) is 10.7. The van der Waals surface area contributed by atoms with Crippen LogP contribution in [0.15, 0.2) is 12.7 Å². The second kappa shape index (κ2) is 5.71. The second-order valence-corrected chi connectivity index (χ2v) is 11.3. The Morgan fingerprint density at radius 2 is 1.69 bits per heavy atom. The molecular weight excluding hydrogens is 372 g/mol. The monoisotopic (exact) mass is 408 g/mol. The molecule has 4 fully saturated rings. The number of aliphatic hydroxyl groups excluding tert-OH is 2. The van der Waals surface area contributed by atoms with Gasteiger partial charge in [0, 0.05) is 17.8 Å². The van der Waals surface area contributed by atoms with Gasteiger partial charge in [-0.25, -0.2) is 0 Å². The van der Waals surface area contributed by atoms with Gasteiger partial charge < -0.3 is 24.4 Å². The lowest BCUT2D eigenvalue weighted by atomic mass is 9.39. The fourth-order valence-electron chi connectivity index (χ4n) is 7.46. The van der Waals surface area contributed by atoms with Gasteiger partial charge in [-0.05, 0) is 46.0 Å². The lowest BCUT2D eigenvalue weighted by molar-refractivity contribution is -0.463. The summed E-state index contributed by atoms with van der Waals surface area (Å²) in [5.74, 6) is -1.54. The fraction of sp³-hybridized carbons (Fsp3) is 0.870. The summed E-state index contributed by atoms with van der Waals surface area (Å²) in [5.41, 5.74) is -5.03. The van der Waals surface area contributed by atoms with Crippen LogP contribution in [0.4, 0.5) is 0 Å². The average Bonchev–Trinajstić information content (AvgIpc) is 2.58. The number of rotatable bonds is 1. The smallest absolute Gasteiger partial charge is 0.171 e. The van der Waals surface area contributed by atoms with E-state index >= 15 is 0 Å². The number of carbonyl (C=O) groups is 1. The molecule has 4 rings (SSSR count). The van der Waals surface area contributed by atoms with E-state index in [9.17, 15) is 15.0 Å². The zero-order chi connectivity index (χ0) is 21.8. The largest absolute Gasteiger partial charge is 0.390 e. The third kappa shape index (κ3) is 2.33. The molecule has 2 aliphatic heterocycles. The Kier molecular flexibility index (Phi) is 4.22. The molecular formula is C23H36O6. The Balaban J connectivity index is 2.04. The minimum Gasteiger partial charge on any atom is -0.390 e. The maximum Gasteiger partial charge on any atom is 0.171 e. The number of hydrogen-bond acceptors (Lipinski definition) is 6. The maximum absolute atomic E-state index is 14.1. The molecule has 164 valence electrons. The Morgan fingerprint density at radius 3 is 2.28 bits per heavy atom. The Labute approximate surface area is 173 Å². The van der Waals surface area contributed by atoms with Gasteiger partial charge in [0.1, 0.15) is 11.7 Å². The molecule has 6 nitrogen and oxygen atoms in total. The summed E-state index contributed by atoms with van der Waals surface area (Å²) in [6.07, 6.45) is 0.597. The molecule has 0 bridgehead atoms. The van der Waals surface area contributed by atoms with Gasteiger partial charge in [0.2, 0.25) is 0 Å². The lowest BCUT2D eigenvalue weighted by Gasteiger charge is -2.75. The fourth-order valence-corrected chi connectivity index (χ4v) is 7.46. The van der Waals surface area contributed by atoms with Crippen molar-refractivity contribution < 1.29 is 29.2 Å². The van der Waals surface area contributed by atoms with E-state index < -0.39 is 46.1 Å². The topological polar surface area (TPSA) is 85.2 Å². The van der Waals surface area contributed by atoms with Crippen LogP contribution in [0.2, 0.25) is 0 Å². The Morgan fingerprint density at radius 1 is 1.07 bits per heavy atom. The molecule has 0 radical (unpaired) electrons. The minimum absolute atomic E-state index is 0.0977. The summed E-state index contributed by atoms with van der Waals surface area (Å²) in [7, 11) is 0. The molecule has 29 heavy (non-hydrogen) atoms. The highest BCUT2D eigenvalue weighted by atomic mass is 16.7. The molecule has 0 aromatic rings. The van der Waals surface area contributed by atoms with Crippen LogP contribution in [0.5, 0.6) is 0 Å². The summed E-state index contributed by atoms with van der Waals surface area (Å²) in [5, 5.41) is 22.9. The molecule has 0 aromatic carbocycles. The van der Waals surface area contributed by atoms with Gasteiger partial charge in [-0.2, -0.15) is 0 Å². The molecule has 2 N–H and O–H groups in total. The molecule has 2 aliphatic carbocycles. The first-order chi connectivity index (χ1) is 13.1. The standard InChI is InChI=1S/C23H36O6/c1-9-20(6)12-13(24)23-21(7)14(27-19(4,5)28-23)10-11-18(2,3)16(21)15(25)17(26)22(23,8)29-20/h9,14-17,25-26H,1,10-12H2,2-8H3/t14-,15-,16-,17-,20-,21-,22+,23-/m0/s1. The van der Waals surface area contributed by atoms with Crippen LogP contribution >= 0.6 is 0 Å². The van der Waals surface area contributed by atoms with E-state index in [1.54, 1.807) is 19.9 Å². The number of carbonyl (C=O) groups excluding carboxylic acids is 1. The van der Waals surface area contributed by atoms with Crippen LogP contribution in [0.25, 0.3) is 0 Å². The van der Waals surface area contributed by atoms with Crippen molar-refractivity contribution in [1.82, 2.24) is 0 Å². The van der Waals surface area contributed by atoms with Gasteiger partial charge in [0.25, 0.3) is 0 Å². The molecule has 0 aromatic heterocycles. The van der Waals surface area contributed by atoms with Crippen molar-refractivity contribution in [3.63, 3.8) is 0 Å². The van der Waals surface area contributed by atoms with Gasteiger partial charge in [-0.1, -0.05) is 26.8 Å². The zero-order valence-corrected chi connectivity index (χ0v) is 18.7. The number of ketones is 1. The van der Waals surface area contributed by atoms with E-state index in [1.165, 1.54) is 0 Å². The maximum atomic E-state index is 14.1. The van der Waals surface area contributed by atoms with Gasteiger partial charge >= 0.3 is 0 Å². The van der Waals surface area contributed by atoms with Crippen molar-refractivity contribution in [2.75, 3.05) is 0 Å². The third-order valence-electron chi connectivity index (χ3n) is 8.50. The molecule has 1 spiro atoms. The molecule has 0 unspecified atom stereocenters. The van der Waals surface area contributed by atoms with E-state index in [-0.39, 0.29) is 23.7 Å². The lowest BCUT2D eigenvalue weighted by Crippen LogP contribution is -2.89. The van der Waals surface area contributed by atoms with Gasteiger partial charge in [-0.15, -0.1) is 6.58 Å². The van der Waals surface area contributed by atoms with Crippen LogP contribution in [-0.2, 0) is 19.0 Å². The highest BCUT2D eigenvalue weighted by molar-refractivity contribution is 5.93. The van der Waals surface area contributed by atoms with Gasteiger partial charge in [0.05, 0.1) is 17.8 Å². The number of hydrogen-bond donors (Lipinski definition) is 2. The average molecular weight is 409 g/mol. The number of ether oxygens (including phenoxy) is 3. The van der Waals surface area contributed by atoms with Gasteiger partial charge in [-0.3, -0.25) is 4.79 Å². The van der Waals surface area contributed by atoms with E-state index in [2.05, 4.69) is 20.4 Å². The van der Waals surface area contributed by atoms with Crippen LogP contribution in [0, 0.1) is 16.7 Å². The van der Waals surface area contributed by atoms with E-state index in [1.807, 2.05) is 20.8 Å². The molecule has 8 atom stereocenters. The SMILES string of the molecule is C=C[C@@]1(C)CC(=O)[C@@]23OC(C)(C)O[C@H]4CCC(C)(C)[C@H]([C@H](O)[C@H](O)[C@@]2(C)O1)[C@]43C. The highest BCUT2D eigenvalue weighted by Crippen LogP contribution is 2.70. The number of Topliss-reactive ketones (excluding diaryl/α,β-unsaturated/α-hetero) is 1. The zero-order valence-electron chi connectivity index (χ0n) is 18.7. The van der Waals surface area contributed by atoms with E-state index in [4.69, 9.17) is 14.2 Å². The Bertz CT molecular complexity index is 760.